The summed E-state index contributed by atoms with van der Waals surface area (Å²) in [5, 5.41) is 6.00. The lowest BCUT2D eigenvalue weighted by atomic mass is 10.0. The van der Waals surface area contributed by atoms with Gasteiger partial charge in [0.1, 0.15) is 0 Å². The van der Waals surface area contributed by atoms with Crippen molar-refractivity contribution in [2.45, 2.75) is 26.4 Å². The maximum atomic E-state index is 12.2. The molecule has 1 aliphatic rings. The Morgan fingerprint density at radius 3 is 3.00 bits per heavy atom. The van der Waals surface area contributed by atoms with Crippen LogP contribution in [0.2, 0.25) is 0 Å². The monoisotopic (exact) mass is 263 g/mol. The summed E-state index contributed by atoms with van der Waals surface area (Å²) >= 11 is 0. The summed E-state index contributed by atoms with van der Waals surface area (Å²) in [6, 6.07) is 1.87. The summed E-state index contributed by atoms with van der Waals surface area (Å²) < 4.78 is 5.49. The van der Waals surface area contributed by atoms with Gasteiger partial charge in [-0.1, -0.05) is 0 Å². The molecule has 2 rings (SSSR count). The molecule has 5 nitrogen and oxygen atoms in total. The third kappa shape index (κ3) is 3.23. The zero-order valence-electron chi connectivity index (χ0n) is 11.7. The van der Waals surface area contributed by atoms with E-state index in [1.807, 2.05) is 13.0 Å². The van der Waals surface area contributed by atoms with Gasteiger partial charge in [-0.15, -0.1) is 0 Å². The molecule has 0 aliphatic carbocycles. The minimum atomic E-state index is -0.0871. The average molecular weight is 263 g/mol. The second kappa shape index (κ2) is 6.02. The summed E-state index contributed by atoms with van der Waals surface area (Å²) in [4.78, 5) is 16.3. The highest BCUT2D eigenvalue weighted by Gasteiger charge is 2.24. The minimum absolute atomic E-state index is 0.0871. The van der Waals surface area contributed by atoms with Gasteiger partial charge in [0.05, 0.1) is 17.4 Å². The number of nitrogens with one attached hydrogen (secondary N) is 2. The van der Waals surface area contributed by atoms with Gasteiger partial charge in [-0.25, -0.2) is 0 Å². The van der Waals surface area contributed by atoms with Gasteiger partial charge in [0, 0.05) is 38.0 Å². The van der Waals surface area contributed by atoms with Gasteiger partial charge in [0.15, 0.2) is 0 Å². The highest BCUT2D eigenvalue weighted by atomic mass is 16.5. The van der Waals surface area contributed by atoms with Gasteiger partial charge in [-0.2, -0.15) is 0 Å². The molecule has 0 radical (unpaired) electrons. The summed E-state index contributed by atoms with van der Waals surface area (Å²) in [5.74, 6) is 0.316. The number of rotatable bonds is 4. The van der Waals surface area contributed by atoms with E-state index >= 15 is 0 Å². The smallest absolute Gasteiger partial charge is 0.254 e. The van der Waals surface area contributed by atoms with E-state index in [1.54, 1.807) is 13.2 Å². The zero-order chi connectivity index (χ0) is 13.8. The predicted octanol–water partition coefficient (Wildman–Crippen LogP) is 1.59. The van der Waals surface area contributed by atoms with Crippen molar-refractivity contribution in [3.63, 3.8) is 0 Å². The molecule has 0 aromatic carbocycles. The number of hydrogen-bond acceptors (Lipinski definition) is 4. The van der Waals surface area contributed by atoms with Gasteiger partial charge < -0.3 is 15.4 Å². The maximum absolute atomic E-state index is 12.2. The molecule has 1 saturated heterocycles. The fourth-order valence-electron chi connectivity index (χ4n) is 2.31. The molecule has 1 amide bonds. The molecule has 2 heterocycles. The highest BCUT2D eigenvalue weighted by Crippen LogP contribution is 2.20. The van der Waals surface area contributed by atoms with Crippen molar-refractivity contribution in [3.05, 3.63) is 23.5 Å². The lowest BCUT2D eigenvalue weighted by molar-refractivity contribution is 0.0908. The van der Waals surface area contributed by atoms with Crippen LogP contribution >= 0.6 is 0 Å². The van der Waals surface area contributed by atoms with E-state index in [4.69, 9.17) is 4.74 Å². The Labute approximate surface area is 113 Å². The standard InChI is InChI=1S/C14H21N3O2/c1-9-6-13(15-3)12(8-16-9)14(18)17-7-11-4-5-19-10(11)2/h6,8,10-11H,4-5,7H2,1-3H3,(H,15,16)(H,17,18). The molecule has 104 valence electrons. The van der Waals surface area contributed by atoms with Crippen LogP contribution in [0, 0.1) is 12.8 Å². The maximum Gasteiger partial charge on any atom is 0.254 e. The molecule has 0 saturated carbocycles. The fourth-order valence-corrected chi connectivity index (χ4v) is 2.31. The molecule has 1 aromatic rings. The first-order valence-electron chi connectivity index (χ1n) is 6.66. The number of aryl methyl sites for hydroxylation is 1. The van der Waals surface area contributed by atoms with E-state index in [9.17, 15) is 4.79 Å². The highest BCUT2D eigenvalue weighted by molar-refractivity contribution is 5.99. The Kier molecular flexibility index (Phi) is 4.37. The topological polar surface area (TPSA) is 63.2 Å². The molecule has 5 heteroatoms. The Morgan fingerprint density at radius 2 is 2.37 bits per heavy atom. The molecule has 1 aliphatic heterocycles. The minimum Gasteiger partial charge on any atom is -0.387 e. The first-order valence-corrected chi connectivity index (χ1v) is 6.66. The molecule has 0 bridgehead atoms. The number of carbonyl (C=O) groups is 1. The number of hydrogen-bond donors (Lipinski definition) is 2. The van der Waals surface area contributed by atoms with Crippen molar-refractivity contribution in [2.24, 2.45) is 5.92 Å². The van der Waals surface area contributed by atoms with Crippen molar-refractivity contribution in [2.75, 3.05) is 25.5 Å². The van der Waals surface area contributed by atoms with Crippen LogP contribution in [-0.2, 0) is 4.74 Å². The molecule has 2 N–H and O–H groups in total. The number of aromatic nitrogens is 1. The molecule has 2 atom stereocenters. The second-order valence-corrected chi connectivity index (χ2v) is 4.96. The van der Waals surface area contributed by atoms with Crippen LogP contribution in [0.3, 0.4) is 0 Å². The zero-order valence-corrected chi connectivity index (χ0v) is 11.7. The van der Waals surface area contributed by atoms with Gasteiger partial charge in [0.2, 0.25) is 0 Å². The summed E-state index contributed by atoms with van der Waals surface area (Å²) in [6.45, 7) is 5.39. The normalized spacial score (nSPS) is 22.3. The molecule has 19 heavy (non-hydrogen) atoms. The largest absolute Gasteiger partial charge is 0.387 e. The number of pyridine rings is 1. The van der Waals surface area contributed by atoms with Gasteiger partial charge >= 0.3 is 0 Å². The van der Waals surface area contributed by atoms with Crippen molar-refractivity contribution < 1.29 is 9.53 Å². The van der Waals surface area contributed by atoms with Crippen molar-refractivity contribution in [1.29, 1.82) is 0 Å². The first kappa shape index (κ1) is 13.8. The quantitative estimate of drug-likeness (QED) is 0.866. The van der Waals surface area contributed by atoms with Gasteiger partial charge in [-0.3, -0.25) is 9.78 Å². The van der Waals surface area contributed by atoms with Gasteiger partial charge in [0.25, 0.3) is 5.91 Å². The van der Waals surface area contributed by atoms with Crippen LogP contribution in [0.15, 0.2) is 12.3 Å². The summed E-state index contributed by atoms with van der Waals surface area (Å²) in [7, 11) is 1.80. The van der Waals surface area contributed by atoms with Crippen molar-refractivity contribution >= 4 is 11.6 Å². The van der Waals surface area contributed by atoms with E-state index in [-0.39, 0.29) is 12.0 Å². The average Bonchev–Trinajstić information content (AvgIpc) is 2.81. The summed E-state index contributed by atoms with van der Waals surface area (Å²) in [5.41, 5.74) is 2.28. The summed E-state index contributed by atoms with van der Waals surface area (Å²) in [6.07, 6.45) is 2.84. The Morgan fingerprint density at radius 1 is 1.58 bits per heavy atom. The number of nitrogens with zero attached hydrogens (tertiary/aromatic N) is 1. The number of amides is 1. The molecule has 1 aromatic heterocycles. The Balaban J connectivity index is 1.99. The molecule has 2 unspecified atom stereocenters. The van der Waals surface area contributed by atoms with Crippen LogP contribution in [0.25, 0.3) is 0 Å². The van der Waals surface area contributed by atoms with E-state index in [0.717, 1.165) is 24.4 Å². The first-order chi connectivity index (χ1) is 9.11. The molecule has 0 spiro atoms. The van der Waals surface area contributed by atoms with Crippen LogP contribution in [0.1, 0.15) is 29.4 Å². The van der Waals surface area contributed by atoms with Crippen molar-refractivity contribution in [3.8, 4) is 0 Å². The third-order valence-corrected chi connectivity index (χ3v) is 3.61. The van der Waals surface area contributed by atoms with E-state index < -0.39 is 0 Å². The van der Waals surface area contributed by atoms with Crippen LogP contribution in [-0.4, -0.2) is 37.2 Å². The number of ether oxygens (including phenoxy) is 1. The lowest BCUT2D eigenvalue weighted by Gasteiger charge is -2.15. The molecule has 1 fully saturated rings. The third-order valence-electron chi connectivity index (χ3n) is 3.61. The second-order valence-electron chi connectivity index (χ2n) is 4.96. The Bertz CT molecular complexity index is 462. The van der Waals surface area contributed by atoms with E-state index in [1.165, 1.54) is 0 Å². The van der Waals surface area contributed by atoms with E-state index in [2.05, 4.69) is 22.5 Å². The Hall–Kier alpha value is -1.62. The fraction of sp³-hybridized carbons (Fsp3) is 0.571. The molecular formula is C14H21N3O2. The van der Waals surface area contributed by atoms with Crippen LogP contribution in [0.5, 0.6) is 0 Å². The van der Waals surface area contributed by atoms with E-state index in [0.29, 0.717) is 18.0 Å². The SMILES string of the molecule is CNc1cc(C)ncc1C(=O)NCC1CCOC1C. The predicted molar refractivity (Wildman–Crippen MR) is 74.4 cm³/mol. The van der Waals surface area contributed by atoms with Crippen LogP contribution < -0.4 is 10.6 Å². The lowest BCUT2D eigenvalue weighted by Crippen LogP contribution is -2.32. The number of anilines is 1. The van der Waals surface area contributed by atoms with Gasteiger partial charge in [-0.05, 0) is 26.3 Å². The van der Waals surface area contributed by atoms with Crippen molar-refractivity contribution in [1.82, 2.24) is 10.3 Å². The molecular weight excluding hydrogens is 242 g/mol. The number of carbonyl (C=O) groups excluding carboxylic acids is 1. The van der Waals surface area contributed by atoms with Crippen LogP contribution in [0.4, 0.5) is 5.69 Å².